The highest BCUT2D eigenvalue weighted by atomic mass is 35.5. The van der Waals surface area contributed by atoms with Crippen LogP contribution in [0.25, 0.3) is 0 Å². The molecule has 2 aromatic rings. The molecule has 6 nitrogen and oxygen atoms in total. The van der Waals surface area contributed by atoms with Gasteiger partial charge in [-0.2, -0.15) is 0 Å². The van der Waals surface area contributed by atoms with Gasteiger partial charge in [0.1, 0.15) is 11.6 Å². The number of pyridine rings is 1. The molecule has 0 radical (unpaired) electrons. The van der Waals surface area contributed by atoms with E-state index in [0.29, 0.717) is 28.7 Å². The smallest absolute Gasteiger partial charge is 0.253 e. The van der Waals surface area contributed by atoms with E-state index >= 15 is 0 Å². The molecule has 1 amide bonds. The average Bonchev–Trinajstić information content (AvgIpc) is 2.76. The van der Waals surface area contributed by atoms with Gasteiger partial charge in [-0.1, -0.05) is 16.8 Å². The van der Waals surface area contributed by atoms with Gasteiger partial charge in [-0.25, -0.2) is 4.98 Å². The van der Waals surface area contributed by atoms with Crippen molar-refractivity contribution in [3.8, 4) is 0 Å². The summed E-state index contributed by atoms with van der Waals surface area (Å²) >= 11 is 5.99. The third kappa shape index (κ3) is 2.91. The van der Waals surface area contributed by atoms with E-state index in [1.165, 1.54) is 6.20 Å². The van der Waals surface area contributed by atoms with Crippen LogP contribution >= 0.6 is 11.6 Å². The lowest BCUT2D eigenvalue weighted by atomic mass is 10.2. The minimum Gasteiger partial charge on any atom is -0.373 e. The number of nitrogens with zero attached hydrogens (tertiary/aromatic N) is 2. The highest BCUT2D eigenvalue weighted by Crippen LogP contribution is 2.18. The van der Waals surface area contributed by atoms with Gasteiger partial charge < -0.3 is 15.2 Å². The number of halogens is 1. The van der Waals surface area contributed by atoms with Crippen LogP contribution in [0.4, 0.5) is 5.82 Å². The molecule has 0 saturated carbocycles. The van der Waals surface area contributed by atoms with Crippen LogP contribution in [0.15, 0.2) is 16.8 Å². The maximum atomic E-state index is 12.1. The van der Waals surface area contributed by atoms with Crippen LogP contribution < -0.4 is 10.6 Å². The van der Waals surface area contributed by atoms with Crippen LogP contribution in [0, 0.1) is 13.8 Å². The zero-order valence-corrected chi connectivity index (χ0v) is 12.2. The zero-order valence-electron chi connectivity index (χ0n) is 11.5. The number of aromatic nitrogens is 2. The molecule has 0 fully saturated rings. The van der Waals surface area contributed by atoms with Crippen LogP contribution in [-0.2, 0) is 6.54 Å². The summed E-state index contributed by atoms with van der Waals surface area (Å²) in [6, 6.07) is 1.60. The Kier molecular flexibility index (Phi) is 4.24. The fourth-order valence-electron chi connectivity index (χ4n) is 1.77. The van der Waals surface area contributed by atoms with Gasteiger partial charge in [-0.15, -0.1) is 0 Å². The first-order chi connectivity index (χ1) is 9.52. The second kappa shape index (κ2) is 5.92. The molecule has 7 heteroatoms. The van der Waals surface area contributed by atoms with Crippen molar-refractivity contribution in [2.45, 2.75) is 20.4 Å². The Morgan fingerprint density at radius 3 is 2.80 bits per heavy atom. The molecular formula is C13H15ClN4O2. The lowest BCUT2D eigenvalue weighted by Crippen LogP contribution is -2.24. The fourth-order valence-corrected chi connectivity index (χ4v) is 1.96. The minimum absolute atomic E-state index is 0.270. The normalized spacial score (nSPS) is 10.4. The summed E-state index contributed by atoms with van der Waals surface area (Å²) in [5.74, 6) is 1.00. The largest absolute Gasteiger partial charge is 0.373 e. The second-order valence-corrected chi connectivity index (χ2v) is 4.69. The van der Waals surface area contributed by atoms with Crippen molar-refractivity contribution in [2.75, 3.05) is 12.4 Å². The highest BCUT2D eigenvalue weighted by Gasteiger charge is 2.14. The number of hydrogen-bond donors (Lipinski definition) is 2. The van der Waals surface area contributed by atoms with Gasteiger partial charge in [0.25, 0.3) is 5.91 Å². The van der Waals surface area contributed by atoms with Gasteiger partial charge in [0.2, 0.25) is 0 Å². The fraction of sp³-hybridized carbons (Fsp3) is 0.308. The Morgan fingerprint density at radius 1 is 1.45 bits per heavy atom. The van der Waals surface area contributed by atoms with Gasteiger partial charge in [-0.3, -0.25) is 4.79 Å². The van der Waals surface area contributed by atoms with Gasteiger partial charge >= 0.3 is 0 Å². The van der Waals surface area contributed by atoms with Crippen molar-refractivity contribution in [3.63, 3.8) is 0 Å². The second-order valence-electron chi connectivity index (χ2n) is 4.28. The number of carbonyl (C=O) groups excluding carboxylic acids is 1. The van der Waals surface area contributed by atoms with Gasteiger partial charge in [0.05, 0.1) is 16.3 Å². The SMILES string of the molecule is CNc1cc(C(=O)NCc2c(C)noc2C)c(Cl)cn1. The molecule has 2 rings (SSSR count). The Morgan fingerprint density at radius 2 is 2.20 bits per heavy atom. The van der Waals surface area contributed by atoms with E-state index in [4.69, 9.17) is 16.1 Å². The molecule has 20 heavy (non-hydrogen) atoms. The Balaban J connectivity index is 2.13. The molecule has 0 spiro atoms. The molecule has 0 aliphatic rings. The van der Waals surface area contributed by atoms with E-state index in [1.807, 2.05) is 6.92 Å². The lowest BCUT2D eigenvalue weighted by Gasteiger charge is -2.08. The average molecular weight is 295 g/mol. The van der Waals surface area contributed by atoms with Gasteiger partial charge in [0, 0.05) is 25.4 Å². The van der Waals surface area contributed by atoms with E-state index in [2.05, 4.69) is 20.8 Å². The zero-order chi connectivity index (χ0) is 14.7. The van der Waals surface area contributed by atoms with E-state index in [-0.39, 0.29) is 5.91 Å². The summed E-state index contributed by atoms with van der Waals surface area (Å²) in [6.07, 6.45) is 1.44. The summed E-state index contributed by atoms with van der Waals surface area (Å²) in [5, 5.41) is 9.80. The maximum absolute atomic E-state index is 12.1. The summed E-state index contributed by atoms with van der Waals surface area (Å²) in [5.41, 5.74) is 2.01. The third-order valence-electron chi connectivity index (χ3n) is 2.96. The molecule has 2 heterocycles. The van der Waals surface area contributed by atoms with Crippen LogP contribution in [0.1, 0.15) is 27.4 Å². The van der Waals surface area contributed by atoms with Crippen LogP contribution in [0.2, 0.25) is 5.02 Å². The topological polar surface area (TPSA) is 80.0 Å². The maximum Gasteiger partial charge on any atom is 0.253 e. The van der Waals surface area contributed by atoms with E-state index in [0.717, 1.165) is 11.3 Å². The van der Waals surface area contributed by atoms with Crippen molar-refractivity contribution >= 4 is 23.3 Å². The number of carbonyl (C=O) groups is 1. The molecule has 2 N–H and O–H groups in total. The summed E-state index contributed by atoms with van der Waals surface area (Å²) in [7, 11) is 1.72. The van der Waals surface area contributed by atoms with E-state index in [1.54, 1.807) is 20.0 Å². The Hall–Kier alpha value is -2.08. The minimum atomic E-state index is -0.270. The standard InChI is InChI=1S/C13H15ClN4O2/c1-7-10(8(2)20-18-7)5-17-13(19)9-4-12(15-3)16-6-11(9)14/h4,6H,5H2,1-3H3,(H,15,16)(H,17,19). The summed E-state index contributed by atoms with van der Waals surface area (Å²) in [6.45, 7) is 3.98. The molecule has 0 saturated heterocycles. The first kappa shape index (κ1) is 14.3. The number of amides is 1. The first-order valence-electron chi connectivity index (χ1n) is 6.06. The molecule has 0 aliphatic heterocycles. The predicted molar refractivity (Wildman–Crippen MR) is 75.9 cm³/mol. The van der Waals surface area contributed by atoms with Crippen molar-refractivity contribution < 1.29 is 9.32 Å². The van der Waals surface area contributed by atoms with E-state index in [9.17, 15) is 4.79 Å². The molecule has 0 aromatic carbocycles. The number of nitrogens with one attached hydrogen (secondary N) is 2. The highest BCUT2D eigenvalue weighted by molar-refractivity contribution is 6.33. The first-order valence-corrected chi connectivity index (χ1v) is 6.44. The van der Waals surface area contributed by atoms with Crippen molar-refractivity contribution in [2.24, 2.45) is 0 Å². The number of rotatable bonds is 4. The molecule has 2 aromatic heterocycles. The number of hydrogen-bond acceptors (Lipinski definition) is 5. The molecule has 0 unspecified atom stereocenters. The van der Waals surface area contributed by atoms with Gasteiger partial charge in [-0.05, 0) is 19.9 Å². The van der Waals surface area contributed by atoms with Crippen molar-refractivity contribution in [1.82, 2.24) is 15.5 Å². The van der Waals surface area contributed by atoms with Crippen molar-refractivity contribution in [3.05, 3.63) is 39.9 Å². The van der Waals surface area contributed by atoms with Crippen LogP contribution in [-0.4, -0.2) is 23.1 Å². The number of aryl methyl sites for hydroxylation is 2. The molecule has 0 atom stereocenters. The quantitative estimate of drug-likeness (QED) is 0.904. The summed E-state index contributed by atoms with van der Waals surface area (Å²) < 4.78 is 5.05. The summed E-state index contributed by atoms with van der Waals surface area (Å²) in [4.78, 5) is 16.2. The van der Waals surface area contributed by atoms with Crippen molar-refractivity contribution in [1.29, 1.82) is 0 Å². The van der Waals surface area contributed by atoms with Gasteiger partial charge in [0.15, 0.2) is 0 Å². The monoisotopic (exact) mass is 294 g/mol. The Bertz CT molecular complexity index is 620. The van der Waals surface area contributed by atoms with Crippen LogP contribution in [0.3, 0.4) is 0 Å². The Labute approximate surface area is 121 Å². The molecule has 106 valence electrons. The van der Waals surface area contributed by atoms with E-state index < -0.39 is 0 Å². The lowest BCUT2D eigenvalue weighted by molar-refractivity contribution is 0.0951. The number of anilines is 1. The van der Waals surface area contributed by atoms with Crippen LogP contribution in [0.5, 0.6) is 0 Å². The molecule has 0 bridgehead atoms. The predicted octanol–water partition coefficient (Wildman–Crippen LogP) is 2.31. The molecule has 0 aliphatic carbocycles. The molecular weight excluding hydrogens is 280 g/mol. The third-order valence-corrected chi connectivity index (χ3v) is 3.26.